The van der Waals surface area contributed by atoms with Crippen molar-refractivity contribution >= 4 is 35.2 Å². The Labute approximate surface area is 193 Å². The van der Waals surface area contributed by atoms with Crippen molar-refractivity contribution in [2.75, 3.05) is 6.54 Å². The van der Waals surface area contributed by atoms with Gasteiger partial charge in [0.1, 0.15) is 6.61 Å². The number of amides is 1. The summed E-state index contributed by atoms with van der Waals surface area (Å²) in [7, 11) is -0.567. The summed E-state index contributed by atoms with van der Waals surface area (Å²) in [5.74, 6) is 0. The summed E-state index contributed by atoms with van der Waals surface area (Å²) in [6.45, 7) is 8.52. The molecule has 0 bridgehead atoms. The molecule has 1 saturated heterocycles. The first-order valence-electron chi connectivity index (χ1n) is 10.4. The number of ether oxygens (including phenoxy) is 1. The van der Waals surface area contributed by atoms with E-state index in [-0.39, 0.29) is 13.2 Å². The van der Waals surface area contributed by atoms with Crippen LogP contribution in [0.3, 0.4) is 0 Å². The highest BCUT2D eigenvalue weighted by atomic mass is 79.9. The third-order valence-electron chi connectivity index (χ3n) is 5.75. The van der Waals surface area contributed by atoms with Crippen molar-refractivity contribution in [3.63, 3.8) is 0 Å². The van der Waals surface area contributed by atoms with Gasteiger partial charge in [0.2, 0.25) is 0 Å². The molecule has 5 nitrogen and oxygen atoms in total. The van der Waals surface area contributed by atoms with Crippen LogP contribution in [0, 0.1) is 0 Å². The number of rotatable bonds is 7. The lowest BCUT2D eigenvalue weighted by Crippen LogP contribution is -2.41. The number of benzene rings is 2. The molecule has 0 aliphatic carbocycles. The number of carbonyl (C=O) groups excluding carboxylic acids is 1. The maximum absolute atomic E-state index is 12.3. The first kappa shape index (κ1) is 23.6. The lowest BCUT2D eigenvalue weighted by Gasteiger charge is -2.32. The molecule has 0 unspecified atom stereocenters. The van der Waals surface area contributed by atoms with Gasteiger partial charge in [-0.2, -0.15) is 0 Å². The number of nitrogens with one attached hydrogen (secondary N) is 1. The van der Waals surface area contributed by atoms with Gasteiger partial charge < -0.3 is 19.4 Å². The summed E-state index contributed by atoms with van der Waals surface area (Å²) in [6.07, 6.45) is 1.54. The Balaban J connectivity index is 1.75. The SMILES string of the molecule is CC1(C)OB(C(=Cc2ccccc2CBr)CNC(=O)OCc2ccccc2)OC1(C)C. The minimum atomic E-state index is -0.567. The second kappa shape index (κ2) is 10.0. The molecule has 1 aliphatic rings. The lowest BCUT2D eigenvalue weighted by atomic mass is 9.76. The average Bonchev–Trinajstić information content (AvgIpc) is 2.97. The highest BCUT2D eigenvalue weighted by Crippen LogP contribution is 2.38. The molecular weight excluding hydrogens is 457 g/mol. The summed E-state index contributed by atoms with van der Waals surface area (Å²) in [4.78, 5) is 12.3. The van der Waals surface area contributed by atoms with Gasteiger partial charge in [0.05, 0.1) is 11.2 Å². The summed E-state index contributed by atoms with van der Waals surface area (Å²) in [5, 5.41) is 3.57. The fourth-order valence-electron chi connectivity index (χ4n) is 3.14. The predicted octanol–water partition coefficient (Wildman–Crippen LogP) is 5.52. The normalized spacial score (nSPS) is 17.5. The van der Waals surface area contributed by atoms with Crippen LogP contribution in [0.5, 0.6) is 0 Å². The third-order valence-corrected chi connectivity index (χ3v) is 6.35. The quantitative estimate of drug-likeness (QED) is 0.414. The summed E-state index contributed by atoms with van der Waals surface area (Å²) in [6, 6.07) is 17.7. The Kier molecular flexibility index (Phi) is 7.62. The van der Waals surface area contributed by atoms with Crippen molar-refractivity contribution in [2.45, 2.75) is 50.8 Å². The van der Waals surface area contributed by atoms with Crippen LogP contribution in [-0.2, 0) is 26.0 Å². The Hall–Kier alpha value is -2.09. The van der Waals surface area contributed by atoms with Gasteiger partial charge in [-0.15, -0.1) is 0 Å². The van der Waals surface area contributed by atoms with Gasteiger partial charge in [-0.05, 0) is 49.9 Å². The highest BCUT2D eigenvalue weighted by molar-refractivity contribution is 9.08. The lowest BCUT2D eigenvalue weighted by molar-refractivity contribution is 0.00578. The zero-order valence-electron chi connectivity index (χ0n) is 18.5. The first-order chi connectivity index (χ1) is 14.7. The maximum atomic E-state index is 12.3. The second-order valence-corrected chi connectivity index (χ2v) is 9.12. The van der Waals surface area contributed by atoms with Gasteiger partial charge in [-0.3, -0.25) is 0 Å². The fourth-order valence-corrected chi connectivity index (χ4v) is 3.65. The molecule has 31 heavy (non-hydrogen) atoms. The number of hydrogen-bond acceptors (Lipinski definition) is 4. The molecule has 0 atom stereocenters. The van der Waals surface area contributed by atoms with Gasteiger partial charge >= 0.3 is 13.2 Å². The zero-order chi connectivity index (χ0) is 22.5. The van der Waals surface area contributed by atoms with Crippen molar-refractivity contribution < 1.29 is 18.8 Å². The summed E-state index contributed by atoms with van der Waals surface area (Å²) < 4.78 is 17.8. The number of alkyl carbamates (subject to hydrolysis) is 1. The Morgan fingerprint density at radius 2 is 1.65 bits per heavy atom. The molecule has 0 radical (unpaired) electrons. The van der Waals surface area contributed by atoms with Crippen molar-refractivity contribution in [2.24, 2.45) is 0 Å². The van der Waals surface area contributed by atoms with E-state index in [0.29, 0.717) is 0 Å². The fraction of sp³-hybridized carbons (Fsp3) is 0.375. The van der Waals surface area contributed by atoms with E-state index in [4.69, 9.17) is 14.0 Å². The molecular formula is C24H29BBrNO4. The first-order valence-corrected chi connectivity index (χ1v) is 11.5. The summed E-state index contributed by atoms with van der Waals surface area (Å²) >= 11 is 3.54. The van der Waals surface area contributed by atoms with E-state index in [1.165, 1.54) is 0 Å². The third kappa shape index (κ3) is 6.00. The minimum Gasteiger partial charge on any atom is -0.445 e. The van der Waals surface area contributed by atoms with Crippen LogP contribution >= 0.6 is 15.9 Å². The predicted molar refractivity (Wildman–Crippen MR) is 128 cm³/mol. The number of hydrogen-bond donors (Lipinski definition) is 1. The van der Waals surface area contributed by atoms with E-state index < -0.39 is 24.4 Å². The van der Waals surface area contributed by atoms with Crippen LogP contribution < -0.4 is 5.32 Å². The number of carbonyl (C=O) groups is 1. The van der Waals surface area contributed by atoms with Crippen LogP contribution in [-0.4, -0.2) is 31.0 Å². The van der Waals surface area contributed by atoms with E-state index >= 15 is 0 Å². The molecule has 1 N–H and O–H groups in total. The largest absolute Gasteiger partial charge is 0.492 e. The smallest absolute Gasteiger partial charge is 0.445 e. The molecule has 0 saturated carbocycles. The molecule has 3 rings (SSSR count). The van der Waals surface area contributed by atoms with Crippen molar-refractivity contribution in [1.82, 2.24) is 5.32 Å². The molecule has 2 aromatic rings. The number of halogens is 1. The van der Waals surface area contributed by atoms with Crippen molar-refractivity contribution in [1.29, 1.82) is 0 Å². The Morgan fingerprint density at radius 1 is 1.03 bits per heavy atom. The molecule has 0 spiro atoms. The maximum Gasteiger partial charge on any atom is 0.492 e. The van der Waals surface area contributed by atoms with Gasteiger partial charge in [0, 0.05) is 11.9 Å². The highest BCUT2D eigenvalue weighted by Gasteiger charge is 2.52. The van der Waals surface area contributed by atoms with Crippen LogP contribution in [0.4, 0.5) is 4.79 Å². The Morgan fingerprint density at radius 3 is 2.29 bits per heavy atom. The van der Waals surface area contributed by atoms with Crippen LogP contribution in [0.1, 0.15) is 44.4 Å². The van der Waals surface area contributed by atoms with E-state index in [1.54, 1.807) is 0 Å². The zero-order valence-corrected chi connectivity index (χ0v) is 20.1. The van der Waals surface area contributed by atoms with Crippen LogP contribution in [0.25, 0.3) is 6.08 Å². The molecule has 1 amide bonds. The Bertz CT molecular complexity index is 914. The van der Waals surface area contributed by atoms with Crippen molar-refractivity contribution in [3.8, 4) is 0 Å². The van der Waals surface area contributed by atoms with E-state index in [9.17, 15) is 4.79 Å². The van der Waals surface area contributed by atoms with E-state index in [1.807, 2.05) is 82.3 Å². The van der Waals surface area contributed by atoms with Gasteiger partial charge in [0.25, 0.3) is 0 Å². The molecule has 1 aliphatic heterocycles. The molecule has 0 aromatic heterocycles. The van der Waals surface area contributed by atoms with Gasteiger partial charge in [0.15, 0.2) is 0 Å². The molecule has 1 heterocycles. The average molecular weight is 486 g/mol. The topological polar surface area (TPSA) is 56.8 Å². The monoisotopic (exact) mass is 485 g/mol. The second-order valence-electron chi connectivity index (χ2n) is 8.56. The standard InChI is InChI=1S/C24H29BBrNO4/c1-23(2)24(3,4)31-25(30-23)21(14-19-12-8-9-13-20(19)15-26)16-27-22(28)29-17-18-10-6-5-7-11-18/h5-14H,15-17H2,1-4H3,(H,27,28). The molecule has 2 aromatic carbocycles. The van der Waals surface area contributed by atoms with Crippen LogP contribution in [0.15, 0.2) is 60.1 Å². The summed E-state index contributed by atoms with van der Waals surface area (Å²) in [5.41, 5.74) is 3.00. The number of alkyl halides is 1. The van der Waals surface area contributed by atoms with E-state index in [0.717, 1.165) is 27.5 Å². The molecule has 1 fully saturated rings. The van der Waals surface area contributed by atoms with Gasteiger partial charge in [-0.25, -0.2) is 4.79 Å². The molecule has 7 heteroatoms. The van der Waals surface area contributed by atoms with Crippen LogP contribution in [0.2, 0.25) is 0 Å². The van der Waals surface area contributed by atoms with Gasteiger partial charge in [-0.1, -0.05) is 76.6 Å². The molecule has 164 valence electrons. The van der Waals surface area contributed by atoms with E-state index in [2.05, 4.69) is 27.3 Å². The minimum absolute atomic E-state index is 0.217. The van der Waals surface area contributed by atoms with Crippen molar-refractivity contribution in [3.05, 3.63) is 76.8 Å².